The van der Waals surface area contributed by atoms with Crippen molar-refractivity contribution in [3.8, 4) is 0 Å². The molecule has 2 N–H and O–H groups in total. The monoisotopic (exact) mass is 1080 g/mol. The number of hydrogen-bond acceptors (Lipinski definition) is 4. The lowest BCUT2D eigenvalue weighted by atomic mass is 9.77. The predicted molar refractivity (Wildman–Crippen MR) is 197 cm³/mol. The van der Waals surface area contributed by atoms with E-state index < -0.39 is 146 Å². The fourth-order valence-electron chi connectivity index (χ4n) is 8.64. The number of rotatable bonds is 5. The summed E-state index contributed by atoms with van der Waals surface area (Å²) in [6, 6.07) is -3.12. The minimum absolute atomic E-state index is 0.0587. The number of nitrogens with zero attached hydrogens (tertiary/aromatic N) is 1. The van der Waals surface area contributed by atoms with Crippen molar-refractivity contribution in [2.75, 3.05) is 13.1 Å². The fraction of sp³-hybridized carbons (Fsp3) is 0.419. The summed E-state index contributed by atoms with van der Waals surface area (Å²) in [5, 5.41) is 14.0. The molecular weight excluding hydrogens is 1050 g/mol. The molecule has 7 rings (SSSR count). The number of halogens is 24. The molecule has 1 amide bonds. The number of alkyl halides is 24. The Hall–Kier alpha value is -5.61. The van der Waals surface area contributed by atoms with Crippen molar-refractivity contribution in [3.63, 3.8) is 0 Å². The van der Waals surface area contributed by atoms with E-state index in [1.165, 1.54) is 0 Å². The van der Waals surface area contributed by atoms with Gasteiger partial charge in [-0.3, -0.25) is 0 Å². The Morgan fingerprint density at radius 1 is 0.431 bits per heavy atom. The van der Waals surface area contributed by atoms with Gasteiger partial charge in [-0.1, -0.05) is 0 Å². The molecule has 0 unspecified atom stereocenters. The summed E-state index contributed by atoms with van der Waals surface area (Å²) >= 11 is 0. The third-order valence-corrected chi connectivity index (χ3v) is 11.9. The van der Waals surface area contributed by atoms with Crippen LogP contribution in [0.25, 0.3) is 0 Å². The molecule has 0 saturated carbocycles. The van der Waals surface area contributed by atoms with Crippen molar-refractivity contribution in [1.29, 1.82) is 0 Å². The van der Waals surface area contributed by atoms with Crippen molar-refractivity contribution in [2.45, 2.75) is 98.4 Å². The van der Waals surface area contributed by atoms with Crippen LogP contribution in [0.2, 0.25) is 0 Å². The van der Waals surface area contributed by atoms with E-state index >= 15 is 0 Å². The van der Waals surface area contributed by atoms with E-state index in [4.69, 9.17) is 4.74 Å². The first kappa shape index (κ1) is 55.7. The van der Waals surface area contributed by atoms with E-state index in [1.807, 2.05) is 0 Å². The molecule has 3 heterocycles. The Labute approximate surface area is 387 Å². The number of cyclic esters (lactones) is 1. The zero-order chi connectivity index (χ0) is 54.4. The lowest BCUT2D eigenvalue weighted by molar-refractivity contribution is -0.145. The standard InChI is InChI=1S/C22H13F12NO2.C21H15F12NO/c23-19(24,25)12-4-10(5-13(8-12)20(26,27)28)18(16-2-1-3-35(16)17(36)37-18)11-6-14(21(29,30)31)9-15(7-11)22(32,33)34;22-18(23,24)12-4-10(5-13(8-12)19(25,26)27)17(35,16-2-1-3-34-16)11-6-14(20(28,29)30)9-15(7-11)21(31,32)33/h4-9,16H,1-3H2;4-9,16,34-35H,1-3H2/t2*16-/m00/s1. The number of amides is 1. The molecule has 0 aromatic heterocycles. The third kappa shape index (κ3) is 11.1. The molecule has 3 aliphatic rings. The van der Waals surface area contributed by atoms with E-state index in [0.29, 0.717) is 0 Å². The van der Waals surface area contributed by atoms with Gasteiger partial charge >= 0.3 is 55.5 Å². The van der Waals surface area contributed by atoms with Crippen molar-refractivity contribution < 1.29 is 120 Å². The molecule has 4 aromatic carbocycles. The maximum atomic E-state index is 13.6. The Morgan fingerprint density at radius 2 is 0.708 bits per heavy atom. The molecule has 3 fully saturated rings. The highest BCUT2D eigenvalue weighted by Crippen LogP contribution is 2.53. The first-order valence-electron chi connectivity index (χ1n) is 20.1. The summed E-state index contributed by atoms with van der Waals surface area (Å²) < 4.78 is 328. The van der Waals surface area contributed by atoms with Crippen molar-refractivity contribution >= 4 is 6.09 Å². The van der Waals surface area contributed by atoms with Crippen LogP contribution in [0.4, 0.5) is 110 Å². The van der Waals surface area contributed by atoms with Gasteiger partial charge in [-0.15, -0.1) is 0 Å². The van der Waals surface area contributed by atoms with Gasteiger partial charge in [-0.2, -0.15) is 105 Å². The number of fused-ring (bicyclic) bond motifs is 1. The van der Waals surface area contributed by atoms with Gasteiger partial charge in [-0.25, -0.2) is 4.79 Å². The van der Waals surface area contributed by atoms with Crippen LogP contribution >= 0.6 is 0 Å². The highest BCUT2D eigenvalue weighted by Gasteiger charge is 2.60. The van der Waals surface area contributed by atoms with E-state index in [2.05, 4.69) is 5.32 Å². The summed E-state index contributed by atoms with van der Waals surface area (Å²) in [7, 11) is 0. The summed E-state index contributed by atoms with van der Waals surface area (Å²) in [6.07, 6.45) is -44.4. The Bertz CT molecular complexity index is 2390. The van der Waals surface area contributed by atoms with Crippen molar-refractivity contribution in [2.24, 2.45) is 0 Å². The van der Waals surface area contributed by atoms with E-state index in [-0.39, 0.29) is 112 Å². The lowest BCUT2D eigenvalue weighted by Crippen LogP contribution is -2.46. The van der Waals surface area contributed by atoms with Gasteiger partial charge in [0.25, 0.3) is 0 Å². The van der Waals surface area contributed by atoms with Gasteiger partial charge in [0.1, 0.15) is 5.60 Å². The molecule has 29 heteroatoms. The van der Waals surface area contributed by atoms with Crippen LogP contribution in [-0.2, 0) is 65.3 Å². The topological polar surface area (TPSA) is 61.8 Å². The SMILES string of the molecule is O=C1OC(c2cc(C(F)(F)F)cc(C(F)(F)F)c2)(c2cc(C(F)(F)F)cc(C(F)(F)F)c2)[C@@H]2CCCN12.OC(c1cc(C(F)(F)F)cc(C(F)(F)F)c1)(c1cc(C(F)(F)F)cc(C(F)(F)F)c1)[C@@H]1CCCN1. The van der Waals surface area contributed by atoms with Crippen LogP contribution in [0, 0.1) is 0 Å². The highest BCUT2D eigenvalue weighted by atomic mass is 19.4. The summed E-state index contributed by atoms with van der Waals surface area (Å²) in [5.41, 5.74) is -25.5. The second kappa shape index (κ2) is 18.1. The second-order valence-electron chi connectivity index (χ2n) is 16.5. The second-order valence-corrected chi connectivity index (χ2v) is 16.5. The zero-order valence-electron chi connectivity index (χ0n) is 35.1. The number of aliphatic hydroxyl groups is 1. The van der Waals surface area contributed by atoms with E-state index in [1.54, 1.807) is 0 Å². The molecule has 396 valence electrons. The van der Waals surface area contributed by atoms with Gasteiger partial charge in [0.2, 0.25) is 0 Å². The quantitative estimate of drug-likeness (QED) is 0.196. The minimum Gasteiger partial charge on any atom is -0.431 e. The average molecular weight is 1080 g/mol. The molecule has 2 atom stereocenters. The molecule has 3 aliphatic heterocycles. The first-order chi connectivity index (χ1) is 32.5. The van der Waals surface area contributed by atoms with Gasteiger partial charge in [0, 0.05) is 23.7 Å². The number of hydrogen-bond donors (Lipinski definition) is 2. The van der Waals surface area contributed by atoms with Gasteiger partial charge < -0.3 is 20.1 Å². The molecule has 0 radical (unpaired) electrons. The number of ether oxygens (including phenoxy) is 1. The summed E-state index contributed by atoms with van der Waals surface area (Å²) in [4.78, 5) is 13.4. The van der Waals surface area contributed by atoms with Gasteiger partial charge in [0.05, 0.1) is 50.5 Å². The number of benzene rings is 4. The Kier molecular flexibility index (Phi) is 14.0. The van der Waals surface area contributed by atoms with Crippen molar-refractivity contribution in [3.05, 3.63) is 140 Å². The van der Waals surface area contributed by atoms with Crippen molar-refractivity contribution in [1.82, 2.24) is 10.2 Å². The lowest BCUT2D eigenvalue weighted by Gasteiger charge is -2.37. The minimum atomic E-state index is -5.39. The maximum Gasteiger partial charge on any atom is 0.416 e. The van der Waals surface area contributed by atoms with Crippen LogP contribution in [0.1, 0.15) is 92.4 Å². The molecule has 72 heavy (non-hydrogen) atoms. The first-order valence-corrected chi connectivity index (χ1v) is 20.1. The molecule has 5 nitrogen and oxygen atoms in total. The zero-order valence-corrected chi connectivity index (χ0v) is 35.1. The molecule has 4 aromatic rings. The summed E-state index contributed by atoms with van der Waals surface area (Å²) in [6.45, 7) is -0.0649. The average Bonchev–Trinajstić information content (AvgIpc) is 4.01. The van der Waals surface area contributed by atoms with Crippen LogP contribution in [-0.4, -0.2) is 41.3 Å². The normalized spacial score (nSPS) is 19.3. The highest BCUT2D eigenvalue weighted by molar-refractivity contribution is 5.74. The molecule has 0 spiro atoms. The molecule has 3 saturated heterocycles. The van der Waals surface area contributed by atoms with E-state index in [0.717, 1.165) is 4.90 Å². The smallest absolute Gasteiger partial charge is 0.416 e. The van der Waals surface area contributed by atoms with Crippen LogP contribution in [0.5, 0.6) is 0 Å². The number of nitrogens with one attached hydrogen (secondary N) is 1. The number of carbonyl (C=O) groups is 1. The molecular formula is C43H28F24N2O3. The van der Waals surface area contributed by atoms with E-state index in [9.17, 15) is 115 Å². The van der Waals surface area contributed by atoms with Gasteiger partial charge in [0.15, 0.2) is 5.60 Å². The number of carbonyl (C=O) groups excluding carboxylic acids is 1. The van der Waals surface area contributed by atoms with Crippen LogP contribution < -0.4 is 5.32 Å². The Balaban J connectivity index is 0.000000236. The predicted octanol–water partition coefficient (Wildman–Crippen LogP) is 14.4. The largest absolute Gasteiger partial charge is 0.431 e. The third-order valence-electron chi connectivity index (χ3n) is 11.9. The van der Waals surface area contributed by atoms with Gasteiger partial charge in [-0.05, 0) is 116 Å². The fourth-order valence-corrected chi connectivity index (χ4v) is 8.64. The molecule has 0 bridgehead atoms. The Morgan fingerprint density at radius 3 is 0.972 bits per heavy atom. The summed E-state index contributed by atoms with van der Waals surface area (Å²) in [5.74, 6) is 0. The molecule has 0 aliphatic carbocycles. The maximum absolute atomic E-state index is 13.6. The van der Waals surface area contributed by atoms with Crippen LogP contribution in [0.3, 0.4) is 0 Å². The van der Waals surface area contributed by atoms with Crippen LogP contribution in [0.15, 0.2) is 72.8 Å².